The smallest absolute Gasteiger partial charge is 0.137 e. The van der Waals surface area contributed by atoms with Crippen LogP contribution in [0.4, 0.5) is 0 Å². The highest BCUT2D eigenvalue weighted by Crippen LogP contribution is 2.30. The summed E-state index contributed by atoms with van der Waals surface area (Å²) in [6, 6.07) is 0. The van der Waals surface area contributed by atoms with Crippen molar-refractivity contribution in [3.05, 3.63) is 0 Å². The molecule has 0 aliphatic heterocycles. The summed E-state index contributed by atoms with van der Waals surface area (Å²) < 4.78 is 11.1. The molecule has 13 heavy (non-hydrogen) atoms. The predicted molar refractivity (Wildman–Crippen MR) is 55.0 cm³/mol. The summed E-state index contributed by atoms with van der Waals surface area (Å²) >= 11 is 0. The van der Waals surface area contributed by atoms with Crippen LogP contribution < -0.4 is 0 Å². The third kappa shape index (κ3) is 4.25. The van der Waals surface area contributed by atoms with E-state index < -0.39 is 0 Å². The normalized spacial score (nSPS) is 18.7. The van der Waals surface area contributed by atoms with Gasteiger partial charge in [-0.2, -0.15) is 0 Å². The van der Waals surface area contributed by atoms with Crippen LogP contribution in [-0.4, -0.2) is 28.6 Å². The molecule has 0 atom stereocenters. The van der Waals surface area contributed by atoms with Crippen LogP contribution in [0.5, 0.6) is 0 Å². The Kier molecular flexibility index (Phi) is 5.67. The second-order valence-corrected chi connectivity index (χ2v) is 5.01. The van der Waals surface area contributed by atoms with Gasteiger partial charge in [0.25, 0.3) is 0 Å². The minimum Gasteiger partial charge on any atom is -0.357 e. The lowest BCUT2D eigenvalue weighted by Crippen LogP contribution is -2.27. The molecule has 2 nitrogen and oxygen atoms in total. The van der Waals surface area contributed by atoms with E-state index in [1.807, 2.05) is 13.8 Å². The van der Waals surface area contributed by atoms with Crippen molar-refractivity contribution < 1.29 is 9.47 Å². The van der Waals surface area contributed by atoms with Gasteiger partial charge in [0.05, 0.1) is 0 Å². The fourth-order valence-electron chi connectivity index (χ4n) is 1.73. The van der Waals surface area contributed by atoms with E-state index in [0.717, 1.165) is 28.3 Å². The van der Waals surface area contributed by atoms with E-state index in [1.165, 1.54) is 25.7 Å². The molecular formula is C10H20O2Si. The van der Waals surface area contributed by atoms with E-state index in [9.17, 15) is 0 Å². The molecule has 1 aliphatic rings. The van der Waals surface area contributed by atoms with Crippen LogP contribution in [0.2, 0.25) is 5.54 Å². The van der Waals surface area contributed by atoms with Crippen molar-refractivity contribution >= 4 is 9.52 Å². The van der Waals surface area contributed by atoms with E-state index >= 15 is 0 Å². The maximum atomic E-state index is 5.53. The van der Waals surface area contributed by atoms with Gasteiger partial charge in [-0.3, -0.25) is 0 Å². The molecule has 1 fully saturated rings. The molecule has 0 aromatic heterocycles. The summed E-state index contributed by atoms with van der Waals surface area (Å²) in [5, 5.41) is 0. The molecule has 0 bridgehead atoms. The van der Waals surface area contributed by atoms with Crippen molar-refractivity contribution in [2.24, 2.45) is 0 Å². The maximum absolute atomic E-state index is 5.53. The first-order valence-electron chi connectivity index (χ1n) is 5.36. The van der Waals surface area contributed by atoms with Crippen LogP contribution >= 0.6 is 0 Å². The highest BCUT2D eigenvalue weighted by atomic mass is 28.2. The number of hydrogen-bond acceptors (Lipinski definition) is 2. The third-order valence-electron chi connectivity index (χ3n) is 2.36. The molecule has 1 rings (SSSR count). The Balaban J connectivity index is 2.19. The first-order valence-corrected chi connectivity index (χ1v) is 6.51. The molecule has 0 aromatic rings. The molecule has 76 valence electrons. The Labute approximate surface area is 83.8 Å². The maximum Gasteiger partial charge on any atom is 0.137 e. The summed E-state index contributed by atoms with van der Waals surface area (Å²) in [6.45, 7) is 5.60. The van der Waals surface area contributed by atoms with Crippen molar-refractivity contribution in [3.8, 4) is 0 Å². The largest absolute Gasteiger partial charge is 0.357 e. The van der Waals surface area contributed by atoms with E-state index in [4.69, 9.17) is 9.47 Å². The van der Waals surface area contributed by atoms with Crippen LogP contribution in [0.15, 0.2) is 0 Å². The van der Waals surface area contributed by atoms with Gasteiger partial charge < -0.3 is 9.47 Å². The third-order valence-corrected chi connectivity index (χ3v) is 4.02. The predicted octanol–water partition coefficient (Wildman–Crippen LogP) is 2.41. The summed E-state index contributed by atoms with van der Waals surface area (Å²) in [6.07, 6.45) is 5.58. The summed E-state index contributed by atoms with van der Waals surface area (Å²) in [4.78, 5) is 0. The lowest BCUT2D eigenvalue weighted by atomic mass is 10.4. The van der Waals surface area contributed by atoms with Gasteiger partial charge in [-0.05, 0) is 19.4 Å². The monoisotopic (exact) mass is 200 g/mol. The standard InChI is InChI=1S/C10H20O2Si/c1-3-11-10(12-4-2)13-9-7-5-6-8-9/h9-10H,3-8H2,1-2H3. The first kappa shape index (κ1) is 11.2. The minimum absolute atomic E-state index is 0.0816. The molecule has 0 saturated heterocycles. The Morgan fingerprint density at radius 3 is 2.15 bits per heavy atom. The van der Waals surface area contributed by atoms with Crippen LogP contribution in [-0.2, 0) is 9.47 Å². The summed E-state index contributed by atoms with van der Waals surface area (Å²) in [7, 11) is 0.846. The van der Waals surface area contributed by atoms with Crippen molar-refractivity contribution in [1.29, 1.82) is 0 Å². The topological polar surface area (TPSA) is 18.5 Å². The Morgan fingerprint density at radius 2 is 1.69 bits per heavy atom. The van der Waals surface area contributed by atoms with E-state index in [-0.39, 0.29) is 5.91 Å². The molecule has 0 unspecified atom stereocenters. The average molecular weight is 200 g/mol. The van der Waals surface area contributed by atoms with Gasteiger partial charge in [0, 0.05) is 13.2 Å². The van der Waals surface area contributed by atoms with Crippen LogP contribution in [0.1, 0.15) is 39.5 Å². The average Bonchev–Trinajstić information content (AvgIpc) is 2.58. The molecule has 1 saturated carbocycles. The lowest BCUT2D eigenvalue weighted by molar-refractivity contribution is -0.0833. The van der Waals surface area contributed by atoms with Crippen molar-refractivity contribution in [1.82, 2.24) is 0 Å². The van der Waals surface area contributed by atoms with Gasteiger partial charge in [-0.1, -0.05) is 25.7 Å². The quantitative estimate of drug-likeness (QED) is 0.484. The molecule has 1 aliphatic carbocycles. The van der Waals surface area contributed by atoms with Gasteiger partial charge >= 0.3 is 0 Å². The van der Waals surface area contributed by atoms with Crippen LogP contribution in [0.3, 0.4) is 0 Å². The Morgan fingerprint density at radius 1 is 1.15 bits per heavy atom. The molecule has 0 N–H and O–H groups in total. The molecule has 0 amide bonds. The molecule has 2 radical (unpaired) electrons. The molecule has 0 heterocycles. The summed E-state index contributed by atoms with van der Waals surface area (Å²) in [5.41, 5.74) is 0.878. The van der Waals surface area contributed by atoms with Gasteiger partial charge in [0.1, 0.15) is 15.4 Å². The summed E-state index contributed by atoms with van der Waals surface area (Å²) in [5.74, 6) is 0.0816. The Hall–Kier alpha value is 0.137. The van der Waals surface area contributed by atoms with Crippen molar-refractivity contribution in [2.75, 3.05) is 13.2 Å². The molecule has 0 aromatic carbocycles. The zero-order chi connectivity index (χ0) is 9.52. The van der Waals surface area contributed by atoms with Gasteiger partial charge in [0.15, 0.2) is 0 Å². The number of rotatable bonds is 6. The van der Waals surface area contributed by atoms with Crippen LogP contribution in [0.25, 0.3) is 0 Å². The number of ether oxygens (including phenoxy) is 2. The van der Waals surface area contributed by atoms with Crippen LogP contribution in [0, 0.1) is 0 Å². The van der Waals surface area contributed by atoms with Gasteiger partial charge in [-0.15, -0.1) is 0 Å². The van der Waals surface area contributed by atoms with E-state index in [2.05, 4.69) is 0 Å². The van der Waals surface area contributed by atoms with Crippen molar-refractivity contribution in [3.63, 3.8) is 0 Å². The fraction of sp³-hybridized carbons (Fsp3) is 1.00. The van der Waals surface area contributed by atoms with Gasteiger partial charge in [-0.25, -0.2) is 0 Å². The SMILES string of the molecule is CCOC(OCC)[Si]C1CCCC1. The molecule has 3 heteroatoms. The molecular weight excluding hydrogens is 180 g/mol. The lowest BCUT2D eigenvalue weighted by Gasteiger charge is -2.19. The second-order valence-electron chi connectivity index (χ2n) is 3.39. The fourth-order valence-corrected chi connectivity index (χ4v) is 3.38. The van der Waals surface area contributed by atoms with Crippen molar-refractivity contribution in [2.45, 2.75) is 51.0 Å². The minimum atomic E-state index is 0.0816. The molecule has 0 spiro atoms. The second kappa shape index (κ2) is 6.57. The zero-order valence-electron chi connectivity index (χ0n) is 8.71. The highest BCUT2D eigenvalue weighted by Gasteiger charge is 2.21. The number of hydrogen-bond donors (Lipinski definition) is 0. The van der Waals surface area contributed by atoms with Gasteiger partial charge in [0.2, 0.25) is 0 Å². The van der Waals surface area contributed by atoms with E-state index in [0.29, 0.717) is 0 Å². The first-order chi connectivity index (χ1) is 6.36. The Bertz CT molecular complexity index is 118. The van der Waals surface area contributed by atoms with E-state index in [1.54, 1.807) is 0 Å². The highest BCUT2D eigenvalue weighted by molar-refractivity contribution is 6.38. The zero-order valence-corrected chi connectivity index (χ0v) is 9.71.